The van der Waals surface area contributed by atoms with Gasteiger partial charge in [-0.2, -0.15) is 0 Å². The molecule has 1 aliphatic rings. The highest BCUT2D eigenvalue weighted by atomic mass is 16.1. The molecule has 0 amide bonds. The summed E-state index contributed by atoms with van der Waals surface area (Å²) in [6.45, 7) is 4.31. The van der Waals surface area contributed by atoms with Crippen molar-refractivity contribution in [3.8, 4) is 0 Å². The summed E-state index contributed by atoms with van der Waals surface area (Å²) in [5.41, 5.74) is 1.47. The molecule has 0 heterocycles. The second kappa shape index (κ2) is 2.69. The van der Waals surface area contributed by atoms with Crippen molar-refractivity contribution < 1.29 is 4.79 Å². The number of benzene rings is 1. The van der Waals surface area contributed by atoms with E-state index in [-0.39, 0.29) is 11.3 Å². The third kappa shape index (κ3) is 1.19. The molecule has 0 aromatic heterocycles. The molecule has 13 heavy (non-hydrogen) atoms. The lowest BCUT2D eigenvalue weighted by atomic mass is 10.0. The summed E-state index contributed by atoms with van der Waals surface area (Å²) in [5.74, 6) is 0.654. The number of rotatable bonds is 2. The minimum Gasteiger partial charge on any atom is -0.303 e. The van der Waals surface area contributed by atoms with Crippen LogP contribution in [0.2, 0.25) is 0 Å². The Morgan fingerprint density at radius 1 is 1.23 bits per heavy atom. The maximum atomic E-state index is 10.8. The van der Waals surface area contributed by atoms with E-state index >= 15 is 0 Å². The summed E-state index contributed by atoms with van der Waals surface area (Å²) in [6.07, 6.45) is 1.09. The van der Waals surface area contributed by atoms with E-state index in [1.807, 2.05) is 18.2 Å². The van der Waals surface area contributed by atoms with Crippen LogP contribution in [0, 0.1) is 11.3 Å². The molecular weight excluding hydrogens is 160 g/mol. The van der Waals surface area contributed by atoms with Gasteiger partial charge in [-0.1, -0.05) is 44.2 Å². The van der Waals surface area contributed by atoms with Crippen LogP contribution in [-0.2, 0) is 4.79 Å². The first kappa shape index (κ1) is 8.49. The second-order valence-electron chi connectivity index (χ2n) is 4.37. The lowest BCUT2D eigenvalue weighted by Crippen LogP contribution is -1.90. The van der Waals surface area contributed by atoms with E-state index in [1.54, 1.807) is 0 Å². The van der Waals surface area contributed by atoms with Gasteiger partial charge in [0.25, 0.3) is 0 Å². The second-order valence-corrected chi connectivity index (χ2v) is 4.37. The fourth-order valence-corrected chi connectivity index (χ4v) is 2.23. The maximum absolute atomic E-state index is 10.8. The molecule has 1 aliphatic carbocycles. The quantitative estimate of drug-likeness (QED) is 0.630. The van der Waals surface area contributed by atoms with E-state index in [9.17, 15) is 4.79 Å². The highest BCUT2D eigenvalue weighted by molar-refractivity contribution is 5.64. The lowest BCUT2D eigenvalue weighted by Gasteiger charge is -2.01. The van der Waals surface area contributed by atoms with Crippen LogP contribution in [0.1, 0.15) is 25.3 Å². The first-order valence-corrected chi connectivity index (χ1v) is 4.68. The van der Waals surface area contributed by atoms with Crippen molar-refractivity contribution >= 4 is 6.29 Å². The fraction of sp³-hybridized carbons (Fsp3) is 0.417. The standard InChI is InChI=1S/C12H14O/c1-12(2)10(8-13)11(12)9-6-4-3-5-7-9/h3-8,10-11H,1-2H3/t10-,11+/m1/s1. The van der Waals surface area contributed by atoms with Gasteiger partial charge in [0.15, 0.2) is 0 Å². The molecule has 2 rings (SSSR count). The van der Waals surface area contributed by atoms with Gasteiger partial charge in [0, 0.05) is 5.92 Å². The van der Waals surface area contributed by atoms with Crippen molar-refractivity contribution in [1.82, 2.24) is 0 Å². The van der Waals surface area contributed by atoms with Gasteiger partial charge in [0.05, 0.1) is 0 Å². The van der Waals surface area contributed by atoms with Crippen LogP contribution in [-0.4, -0.2) is 6.29 Å². The van der Waals surface area contributed by atoms with Crippen LogP contribution >= 0.6 is 0 Å². The Morgan fingerprint density at radius 3 is 2.31 bits per heavy atom. The van der Waals surface area contributed by atoms with Crippen molar-refractivity contribution in [3.63, 3.8) is 0 Å². The molecule has 0 aliphatic heterocycles. The Hall–Kier alpha value is -1.11. The van der Waals surface area contributed by atoms with E-state index in [1.165, 1.54) is 5.56 Å². The topological polar surface area (TPSA) is 17.1 Å². The number of hydrogen-bond acceptors (Lipinski definition) is 1. The van der Waals surface area contributed by atoms with Gasteiger partial charge in [-0.25, -0.2) is 0 Å². The van der Waals surface area contributed by atoms with Crippen molar-refractivity contribution in [2.45, 2.75) is 19.8 Å². The molecule has 68 valence electrons. The maximum Gasteiger partial charge on any atom is 0.124 e. The predicted octanol–water partition coefficient (Wildman–Crippen LogP) is 2.63. The molecule has 0 bridgehead atoms. The van der Waals surface area contributed by atoms with E-state index < -0.39 is 0 Å². The molecule has 0 saturated heterocycles. The first-order valence-electron chi connectivity index (χ1n) is 4.68. The van der Waals surface area contributed by atoms with E-state index in [0.29, 0.717) is 5.92 Å². The predicted molar refractivity (Wildman–Crippen MR) is 52.5 cm³/mol. The molecule has 1 saturated carbocycles. The number of carbonyl (C=O) groups excluding carboxylic acids is 1. The minimum atomic E-state index is 0.170. The first-order chi connectivity index (χ1) is 6.18. The van der Waals surface area contributed by atoms with Crippen molar-refractivity contribution in [3.05, 3.63) is 35.9 Å². The molecular formula is C12H14O. The molecule has 0 radical (unpaired) electrons. The fourth-order valence-electron chi connectivity index (χ4n) is 2.23. The molecule has 0 spiro atoms. The minimum absolute atomic E-state index is 0.170. The van der Waals surface area contributed by atoms with Gasteiger partial charge >= 0.3 is 0 Å². The van der Waals surface area contributed by atoms with E-state index in [0.717, 1.165) is 6.29 Å². The number of aldehydes is 1. The van der Waals surface area contributed by atoms with Crippen LogP contribution in [0.3, 0.4) is 0 Å². The largest absolute Gasteiger partial charge is 0.303 e. The zero-order chi connectivity index (χ0) is 9.47. The Morgan fingerprint density at radius 2 is 1.85 bits per heavy atom. The third-order valence-electron chi connectivity index (χ3n) is 3.22. The number of carbonyl (C=O) groups is 1. The molecule has 1 nitrogen and oxygen atoms in total. The Kier molecular flexibility index (Phi) is 1.76. The van der Waals surface area contributed by atoms with Crippen LogP contribution in [0.4, 0.5) is 0 Å². The van der Waals surface area contributed by atoms with Gasteiger partial charge in [-0.3, -0.25) is 0 Å². The van der Waals surface area contributed by atoms with Gasteiger partial charge in [-0.05, 0) is 16.9 Å². The Balaban J connectivity index is 2.27. The smallest absolute Gasteiger partial charge is 0.124 e. The van der Waals surface area contributed by atoms with Gasteiger partial charge < -0.3 is 4.79 Å². The normalized spacial score (nSPS) is 29.7. The average molecular weight is 174 g/mol. The van der Waals surface area contributed by atoms with Gasteiger partial charge in [0.1, 0.15) is 6.29 Å². The Labute approximate surface area is 78.8 Å². The molecule has 1 aromatic carbocycles. The summed E-state index contributed by atoms with van der Waals surface area (Å²) in [5, 5.41) is 0. The lowest BCUT2D eigenvalue weighted by molar-refractivity contribution is -0.109. The summed E-state index contributed by atoms with van der Waals surface area (Å²) in [4.78, 5) is 10.8. The highest BCUT2D eigenvalue weighted by Crippen LogP contribution is 2.63. The number of hydrogen-bond donors (Lipinski definition) is 0. The SMILES string of the molecule is CC1(C)[C@H](C=O)[C@@H]1c1ccccc1. The summed E-state index contributed by atoms with van der Waals surface area (Å²) in [6, 6.07) is 10.3. The molecule has 0 unspecified atom stereocenters. The summed E-state index contributed by atoms with van der Waals surface area (Å²) in [7, 11) is 0. The van der Waals surface area contributed by atoms with Crippen molar-refractivity contribution in [1.29, 1.82) is 0 Å². The summed E-state index contributed by atoms with van der Waals surface area (Å²) >= 11 is 0. The third-order valence-corrected chi connectivity index (χ3v) is 3.22. The molecule has 1 heteroatoms. The molecule has 1 aromatic rings. The van der Waals surface area contributed by atoms with Gasteiger partial charge in [-0.15, -0.1) is 0 Å². The van der Waals surface area contributed by atoms with Gasteiger partial charge in [0.2, 0.25) is 0 Å². The highest BCUT2D eigenvalue weighted by Gasteiger charge is 2.58. The van der Waals surface area contributed by atoms with Crippen LogP contribution < -0.4 is 0 Å². The molecule has 1 fully saturated rings. The Bertz CT molecular complexity index is 313. The average Bonchev–Trinajstić information content (AvgIpc) is 2.69. The van der Waals surface area contributed by atoms with Crippen LogP contribution in [0.15, 0.2) is 30.3 Å². The van der Waals surface area contributed by atoms with E-state index in [4.69, 9.17) is 0 Å². The van der Waals surface area contributed by atoms with Crippen molar-refractivity contribution in [2.24, 2.45) is 11.3 Å². The van der Waals surface area contributed by atoms with Crippen LogP contribution in [0.25, 0.3) is 0 Å². The van der Waals surface area contributed by atoms with Crippen molar-refractivity contribution in [2.75, 3.05) is 0 Å². The van der Waals surface area contributed by atoms with E-state index in [2.05, 4.69) is 26.0 Å². The van der Waals surface area contributed by atoms with Crippen LogP contribution in [0.5, 0.6) is 0 Å². The zero-order valence-electron chi connectivity index (χ0n) is 8.03. The summed E-state index contributed by atoms with van der Waals surface area (Å²) < 4.78 is 0. The molecule has 0 N–H and O–H groups in total. The zero-order valence-corrected chi connectivity index (χ0v) is 8.03. The monoisotopic (exact) mass is 174 g/mol. The molecule has 2 atom stereocenters.